The van der Waals surface area contributed by atoms with E-state index in [1.54, 1.807) is 6.26 Å². The Labute approximate surface area is 174 Å². The second-order valence-electron chi connectivity index (χ2n) is 9.22. The molecule has 1 aliphatic carbocycles. The number of carboxylic acids is 1. The molecule has 0 bridgehead atoms. The fraction of sp³-hybridized carbons (Fsp3) is 0.280. The van der Waals surface area contributed by atoms with E-state index >= 15 is 0 Å². The number of pyridine rings is 1. The molecule has 2 aliphatic rings. The normalized spacial score (nSPS) is 17.5. The first-order valence-corrected chi connectivity index (χ1v) is 10.1. The molecule has 1 N–H and O–H groups in total. The zero-order chi connectivity index (χ0) is 21.2. The molecule has 0 fully saturated rings. The molecule has 152 valence electrons. The Hall–Kier alpha value is -3.34. The molecule has 5 heteroatoms. The summed E-state index contributed by atoms with van der Waals surface area (Å²) in [5.74, 6) is -0.349. The van der Waals surface area contributed by atoms with Gasteiger partial charge in [0.15, 0.2) is 5.43 Å². The Balaban J connectivity index is 1.68. The van der Waals surface area contributed by atoms with Crippen LogP contribution in [-0.2, 0) is 6.42 Å². The van der Waals surface area contributed by atoms with Gasteiger partial charge in [-0.2, -0.15) is 0 Å². The quantitative estimate of drug-likeness (QED) is 0.635. The molecule has 0 amide bonds. The minimum Gasteiger partial charge on any atom is -0.477 e. The molecule has 5 rings (SSSR count). The number of rotatable bonds is 2. The van der Waals surface area contributed by atoms with E-state index in [1.807, 2.05) is 16.7 Å². The van der Waals surface area contributed by atoms with Crippen LogP contribution in [0.4, 0.5) is 0 Å². The van der Waals surface area contributed by atoms with Crippen molar-refractivity contribution in [1.29, 1.82) is 0 Å². The van der Waals surface area contributed by atoms with Gasteiger partial charge in [0.25, 0.3) is 0 Å². The third-order valence-electron chi connectivity index (χ3n) is 6.32. The second kappa shape index (κ2) is 6.33. The first-order chi connectivity index (χ1) is 14.2. The van der Waals surface area contributed by atoms with Crippen LogP contribution in [0, 0.1) is 5.41 Å². The molecule has 3 heterocycles. The number of carbonyl (C=O) groups is 1. The Morgan fingerprint density at radius 3 is 2.63 bits per heavy atom. The lowest BCUT2D eigenvalue weighted by atomic mass is 9.78. The number of furan rings is 1. The maximum atomic E-state index is 12.5. The molecule has 0 saturated heterocycles. The molecule has 1 atom stereocenters. The Morgan fingerprint density at radius 2 is 1.97 bits per heavy atom. The Bertz CT molecular complexity index is 1270. The maximum Gasteiger partial charge on any atom is 0.341 e. The van der Waals surface area contributed by atoms with E-state index < -0.39 is 11.4 Å². The van der Waals surface area contributed by atoms with Crippen LogP contribution in [0.25, 0.3) is 22.5 Å². The maximum absolute atomic E-state index is 12.5. The summed E-state index contributed by atoms with van der Waals surface area (Å²) in [5, 5.41) is 9.47. The average Bonchev–Trinajstić information content (AvgIpc) is 3.33. The van der Waals surface area contributed by atoms with Crippen molar-refractivity contribution in [1.82, 2.24) is 4.57 Å². The number of benzene rings is 1. The molecule has 0 saturated carbocycles. The van der Waals surface area contributed by atoms with Crippen LogP contribution in [0.5, 0.6) is 0 Å². The van der Waals surface area contributed by atoms with Gasteiger partial charge in [-0.15, -0.1) is 0 Å². The smallest absolute Gasteiger partial charge is 0.341 e. The molecule has 0 unspecified atom stereocenters. The lowest BCUT2D eigenvalue weighted by Crippen LogP contribution is -2.32. The van der Waals surface area contributed by atoms with Crippen molar-refractivity contribution < 1.29 is 14.3 Å². The molecule has 3 aromatic rings. The highest BCUT2D eigenvalue weighted by Gasteiger charge is 2.37. The summed E-state index contributed by atoms with van der Waals surface area (Å²) in [6, 6.07) is 11.8. The summed E-state index contributed by atoms with van der Waals surface area (Å²) in [6.45, 7) is 6.46. The van der Waals surface area contributed by atoms with Gasteiger partial charge in [0.2, 0.25) is 0 Å². The van der Waals surface area contributed by atoms with Gasteiger partial charge in [-0.1, -0.05) is 32.9 Å². The highest BCUT2D eigenvalue weighted by molar-refractivity contribution is 5.98. The van der Waals surface area contributed by atoms with Gasteiger partial charge in [-0.3, -0.25) is 4.79 Å². The van der Waals surface area contributed by atoms with E-state index in [0.29, 0.717) is 0 Å². The van der Waals surface area contributed by atoms with Gasteiger partial charge in [-0.05, 0) is 52.3 Å². The van der Waals surface area contributed by atoms with Gasteiger partial charge in [0.1, 0.15) is 11.3 Å². The van der Waals surface area contributed by atoms with Gasteiger partial charge in [-0.25, -0.2) is 4.79 Å². The summed E-state index contributed by atoms with van der Waals surface area (Å²) in [4.78, 5) is 24.1. The molecule has 0 spiro atoms. The van der Waals surface area contributed by atoms with Crippen molar-refractivity contribution >= 4 is 17.1 Å². The molecule has 30 heavy (non-hydrogen) atoms. The number of allylic oxidation sites excluding steroid dienone is 2. The van der Waals surface area contributed by atoms with Gasteiger partial charge in [0.05, 0.1) is 6.26 Å². The van der Waals surface area contributed by atoms with Crippen molar-refractivity contribution in [3.63, 3.8) is 0 Å². The van der Waals surface area contributed by atoms with Crippen molar-refractivity contribution in [2.75, 3.05) is 0 Å². The van der Waals surface area contributed by atoms with Crippen molar-refractivity contribution in [2.45, 2.75) is 39.7 Å². The number of aromatic nitrogens is 1. The topological polar surface area (TPSA) is 72.4 Å². The van der Waals surface area contributed by atoms with Gasteiger partial charge < -0.3 is 14.1 Å². The van der Waals surface area contributed by atoms with E-state index in [1.165, 1.54) is 29.0 Å². The largest absolute Gasteiger partial charge is 0.477 e. The summed E-state index contributed by atoms with van der Waals surface area (Å²) >= 11 is 0. The van der Waals surface area contributed by atoms with Gasteiger partial charge >= 0.3 is 5.97 Å². The average molecular weight is 401 g/mol. The number of carboxylic acid groups (broad SMARTS) is 1. The number of hydrogen-bond donors (Lipinski definition) is 1. The lowest BCUT2D eigenvalue weighted by Gasteiger charge is -2.39. The van der Waals surface area contributed by atoms with Crippen LogP contribution in [0.1, 0.15) is 60.4 Å². The van der Waals surface area contributed by atoms with E-state index in [0.717, 1.165) is 35.4 Å². The third-order valence-corrected chi connectivity index (χ3v) is 6.32. The van der Waals surface area contributed by atoms with Crippen LogP contribution in [-0.4, -0.2) is 15.6 Å². The fourth-order valence-electron chi connectivity index (χ4n) is 4.79. The summed E-state index contributed by atoms with van der Waals surface area (Å²) in [7, 11) is 0. The zero-order valence-corrected chi connectivity index (χ0v) is 17.2. The number of hydrogen-bond acceptors (Lipinski definition) is 3. The predicted octanol–water partition coefficient (Wildman–Crippen LogP) is 5.26. The SMILES string of the molecule is CC(C)(C)[C@@H]1CC2=C(Cc3cc(-c4ccco4)ccc32)c2cc(=O)c(C(=O)O)cn21. The van der Waals surface area contributed by atoms with Crippen molar-refractivity contribution in [3.8, 4) is 11.3 Å². The minimum absolute atomic E-state index is 0.0562. The summed E-state index contributed by atoms with van der Waals surface area (Å²) < 4.78 is 7.57. The molecule has 0 radical (unpaired) electrons. The molecule has 5 nitrogen and oxygen atoms in total. The standard InChI is InChI=1S/C25H23NO4/c1-25(2,3)23-11-17-16-7-6-14(22-5-4-8-30-22)9-15(16)10-18(17)20-12-21(27)19(24(28)29)13-26(20)23/h4-9,12-13,23H,10-11H2,1-3H3,(H,28,29)/t23-/m0/s1. The summed E-state index contributed by atoms with van der Waals surface area (Å²) in [5.41, 5.74) is 5.96. The Morgan fingerprint density at radius 1 is 1.17 bits per heavy atom. The molecular weight excluding hydrogens is 378 g/mol. The van der Waals surface area contributed by atoms with E-state index in [-0.39, 0.29) is 17.0 Å². The van der Waals surface area contributed by atoms with E-state index in [4.69, 9.17) is 4.42 Å². The van der Waals surface area contributed by atoms with E-state index in [9.17, 15) is 14.7 Å². The third kappa shape index (κ3) is 2.76. The lowest BCUT2D eigenvalue weighted by molar-refractivity contribution is 0.0693. The van der Waals surface area contributed by atoms with Crippen LogP contribution in [0.3, 0.4) is 0 Å². The number of aromatic carboxylic acids is 1. The molecule has 1 aliphatic heterocycles. The molecule has 2 aromatic heterocycles. The van der Waals surface area contributed by atoms with Crippen LogP contribution in [0.2, 0.25) is 0 Å². The van der Waals surface area contributed by atoms with E-state index in [2.05, 4.69) is 39.0 Å². The summed E-state index contributed by atoms with van der Waals surface area (Å²) in [6.07, 6.45) is 4.74. The first kappa shape index (κ1) is 18.7. The highest BCUT2D eigenvalue weighted by Crippen LogP contribution is 2.50. The predicted molar refractivity (Wildman–Crippen MR) is 115 cm³/mol. The zero-order valence-electron chi connectivity index (χ0n) is 17.2. The Kier molecular flexibility index (Phi) is 3.94. The molecular formula is C25H23NO4. The van der Waals surface area contributed by atoms with Crippen LogP contribution in [0.15, 0.2) is 58.1 Å². The van der Waals surface area contributed by atoms with Crippen molar-refractivity contribution in [2.24, 2.45) is 5.41 Å². The second-order valence-corrected chi connectivity index (χ2v) is 9.22. The van der Waals surface area contributed by atoms with Crippen LogP contribution < -0.4 is 5.43 Å². The monoisotopic (exact) mass is 401 g/mol. The highest BCUT2D eigenvalue weighted by atomic mass is 16.4. The van der Waals surface area contributed by atoms with Crippen LogP contribution >= 0.6 is 0 Å². The fourth-order valence-corrected chi connectivity index (χ4v) is 4.79. The van der Waals surface area contributed by atoms with Crippen molar-refractivity contribution in [3.05, 3.63) is 81.5 Å². The minimum atomic E-state index is -1.18. The first-order valence-electron chi connectivity index (χ1n) is 10.1. The number of nitrogens with zero attached hydrogens (tertiary/aromatic N) is 1. The molecule has 1 aromatic carbocycles. The number of fused-ring (bicyclic) bond motifs is 4. The van der Waals surface area contributed by atoms with Gasteiger partial charge in [0, 0.05) is 36.0 Å².